The largest absolute Gasteiger partial charge is 0.457 e. The lowest BCUT2D eigenvalue weighted by molar-refractivity contribution is 0.0658. The van der Waals surface area contributed by atoms with Gasteiger partial charge in [-0.2, -0.15) is 0 Å². The first-order chi connectivity index (χ1) is 13.3. The standard InChI is InChI=1S/C23H31N3O/c1-24-14-16-26(17-15-24)21-10-12-25(13-11-21)19-20-6-5-9-23(18-20)27-22-7-3-2-4-8-22/h2-9,18,21H,10-17,19H2,1H3. The molecule has 0 amide bonds. The molecule has 0 atom stereocenters. The van der Waals surface area contributed by atoms with E-state index in [0.29, 0.717) is 0 Å². The zero-order valence-corrected chi connectivity index (χ0v) is 16.4. The van der Waals surface area contributed by atoms with E-state index in [1.54, 1.807) is 0 Å². The summed E-state index contributed by atoms with van der Waals surface area (Å²) in [4.78, 5) is 7.75. The summed E-state index contributed by atoms with van der Waals surface area (Å²) < 4.78 is 5.98. The van der Waals surface area contributed by atoms with E-state index in [0.717, 1.165) is 24.1 Å². The fourth-order valence-corrected chi connectivity index (χ4v) is 4.22. The zero-order valence-electron chi connectivity index (χ0n) is 16.4. The molecule has 0 spiro atoms. The average molecular weight is 366 g/mol. The van der Waals surface area contributed by atoms with Gasteiger partial charge in [0.15, 0.2) is 0 Å². The monoisotopic (exact) mass is 365 g/mol. The van der Waals surface area contributed by atoms with Gasteiger partial charge in [0.25, 0.3) is 0 Å². The molecule has 0 aliphatic carbocycles. The van der Waals surface area contributed by atoms with Crippen molar-refractivity contribution in [2.75, 3.05) is 46.3 Å². The number of hydrogen-bond donors (Lipinski definition) is 0. The van der Waals surface area contributed by atoms with Crippen molar-refractivity contribution in [1.82, 2.24) is 14.7 Å². The molecule has 4 rings (SSSR count). The maximum absolute atomic E-state index is 5.98. The van der Waals surface area contributed by atoms with Crippen molar-refractivity contribution in [2.24, 2.45) is 0 Å². The lowest BCUT2D eigenvalue weighted by Crippen LogP contribution is -2.52. The number of rotatable bonds is 5. The fraction of sp³-hybridized carbons (Fsp3) is 0.478. The van der Waals surface area contributed by atoms with Crippen molar-refractivity contribution in [2.45, 2.75) is 25.4 Å². The summed E-state index contributed by atoms with van der Waals surface area (Å²) >= 11 is 0. The first-order valence-electron chi connectivity index (χ1n) is 10.2. The molecule has 2 aliphatic rings. The van der Waals surface area contributed by atoms with Crippen LogP contribution in [-0.2, 0) is 6.54 Å². The van der Waals surface area contributed by atoms with Gasteiger partial charge in [0, 0.05) is 38.8 Å². The van der Waals surface area contributed by atoms with Gasteiger partial charge >= 0.3 is 0 Å². The van der Waals surface area contributed by atoms with Crippen LogP contribution in [0.2, 0.25) is 0 Å². The third-order valence-corrected chi connectivity index (χ3v) is 5.89. The molecule has 0 N–H and O–H groups in total. The Hall–Kier alpha value is -1.88. The van der Waals surface area contributed by atoms with Gasteiger partial charge in [-0.15, -0.1) is 0 Å². The highest BCUT2D eigenvalue weighted by Gasteiger charge is 2.26. The Bertz CT molecular complexity index is 705. The van der Waals surface area contributed by atoms with E-state index in [1.807, 2.05) is 36.4 Å². The molecular weight excluding hydrogens is 334 g/mol. The van der Waals surface area contributed by atoms with Gasteiger partial charge in [-0.1, -0.05) is 30.3 Å². The molecule has 2 aliphatic heterocycles. The van der Waals surface area contributed by atoms with Crippen LogP contribution in [0.5, 0.6) is 11.5 Å². The molecule has 0 bridgehead atoms. The number of piperazine rings is 1. The van der Waals surface area contributed by atoms with Crippen molar-refractivity contribution in [3.8, 4) is 11.5 Å². The first-order valence-corrected chi connectivity index (χ1v) is 10.2. The normalized spacial score (nSPS) is 20.6. The Kier molecular flexibility index (Phi) is 6.07. The van der Waals surface area contributed by atoms with Crippen molar-refractivity contribution in [1.29, 1.82) is 0 Å². The van der Waals surface area contributed by atoms with Crippen LogP contribution >= 0.6 is 0 Å². The fourth-order valence-electron chi connectivity index (χ4n) is 4.22. The van der Waals surface area contributed by atoms with Crippen molar-refractivity contribution < 1.29 is 4.74 Å². The van der Waals surface area contributed by atoms with E-state index < -0.39 is 0 Å². The van der Waals surface area contributed by atoms with Crippen LogP contribution in [0.15, 0.2) is 54.6 Å². The predicted molar refractivity (Wildman–Crippen MR) is 110 cm³/mol. The minimum Gasteiger partial charge on any atom is -0.457 e. The van der Waals surface area contributed by atoms with E-state index in [1.165, 1.54) is 57.7 Å². The summed E-state index contributed by atoms with van der Waals surface area (Å²) in [6.45, 7) is 8.31. The van der Waals surface area contributed by atoms with Crippen LogP contribution in [0.25, 0.3) is 0 Å². The molecule has 2 fully saturated rings. The summed E-state index contributed by atoms with van der Waals surface area (Å²) in [6.07, 6.45) is 2.59. The molecule has 2 aromatic rings. The van der Waals surface area contributed by atoms with Crippen LogP contribution in [0.3, 0.4) is 0 Å². The maximum Gasteiger partial charge on any atom is 0.127 e. The molecule has 0 radical (unpaired) electrons. The molecule has 2 aromatic carbocycles. The number of likely N-dealkylation sites (tertiary alicyclic amines) is 1. The highest BCUT2D eigenvalue weighted by Crippen LogP contribution is 2.24. The number of hydrogen-bond acceptors (Lipinski definition) is 4. The van der Waals surface area contributed by atoms with E-state index in [-0.39, 0.29) is 0 Å². The minimum absolute atomic E-state index is 0.780. The van der Waals surface area contributed by atoms with Crippen LogP contribution < -0.4 is 4.74 Å². The predicted octanol–water partition coefficient (Wildman–Crippen LogP) is 3.69. The van der Waals surface area contributed by atoms with Gasteiger partial charge < -0.3 is 9.64 Å². The molecule has 4 heteroatoms. The maximum atomic E-state index is 5.98. The molecule has 2 heterocycles. The quantitative estimate of drug-likeness (QED) is 0.804. The van der Waals surface area contributed by atoms with Crippen LogP contribution in [0.1, 0.15) is 18.4 Å². The second kappa shape index (κ2) is 8.87. The van der Waals surface area contributed by atoms with E-state index >= 15 is 0 Å². The molecular formula is C23H31N3O. The molecule has 0 saturated carbocycles. The van der Waals surface area contributed by atoms with Gasteiger partial charge in [-0.05, 0) is 62.8 Å². The highest BCUT2D eigenvalue weighted by atomic mass is 16.5. The summed E-state index contributed by atoms with van der Waals surface area (Å²) in [5.74, 6) is 1.81. The number of piperidine rings is 1. The average Bonchev–Trinajstić information content (AvgIpc) is 2.70. The summed E-state index contributed by atoms with van der Waals surface area (Å²) in [5, 5.41) is 0. The third kappa shape index (κ3) is 5.10. The Morgan fingerprint density at radius 3 is 2.26 bits per heavy atom. The minimum atomic E-state index is 0.780. The molecule has 4 nitrogen and oxygen atoms in total. The van der Waals surface area contributed by atoms with Crippen molar-refractivity contribution >= 4 is 0 Å². The Labute approximate surface area is 163 Å². The number of nitrogens with zero attached hydrogens (tertiary/aromatic N) is 3. The molecule has 2 saturated heterocycles. The number of ether oxygens (including phenoxy) is 1. The lowest BCUT2D eigenvalue weighted by atomic mass is 10.0. The van der Waals surface area contributed by atoms with Gasteiger partial charge in [0.1, 0.15) is 11.5 Å². The van der Waals surface area contributed by atoms with E-state index in [9.17, 15) is 0 Å². The highest BCUT2D eigenvalue weighted by molar-refractivity contribution is 5.33. The molecule has 27 heavy (non-hydrogen) atoms. The third-order valence-electron chi connectivity index (χ3n) is 5.89. The van der Waals surface area contributed by atoms with Gasteiger partial charge in [0.2, 0.25) is 0 Å². The van der Waals surface area contributed by atoms with Crippen molar-refractivity contribution in [3.63, 3.8) is 0 Å². The molecule has 144 valence electrons. The van der Waals surface area contributed by atoms with Gasteiger partial charge in [0.05, 0.1) is 0 Å². The van der Waals surface area contributed by atoms with Crippen molar-refractivity contribution in [3.05, 3.63) is 60.2 Å². The lowest BCUT2D eigenvalue weighted by Gasteiger charge is -2.42. The van der Waals surface area contributed by atoms with E-state index in [4.69, 9.17) is 4.74 Å². The van der Waals surface area contributed by atoms with Crippen LogP contribution in [0, 0.1) is 0 Å². The Morgan fingerprint density at radius 1 is 0.815 bits per heavy atom. The van der Waals surface area contributed by atoms with Gasteiger partial charge in [-0.25, -0.2) is 0 Å². The molecule has 0 unspecified atom stereocenters. The smallest absolute Gasteiger partial charge is 0.127 e. The summed E-state index contributed by atoms with van der Waals surface area (Å²) in [6, 6.07) is 19.3. The second-order valence-corrected chi connectivity index (χ2v) is 7.91. The summed E-state index contributed by atoms with van der Waals surface area (Å²) in [5.41, 5.74) is 1.33. The number of para-hydroxylation sites is 1. The zero-order chi connectivity index (χ0) is 18.5. The topological polar surface area (TPSA) is 19.0 Å². The van der Waals surface area contributed by atoms with Crippen LogP contribution in [0.4, 0.5) is 0 Å². The Morgan fingerprint density at radius 2 is 1.52 bits per heavy atom. The molecule has 0 aromatic heterocycles. The SMILES string of the molecule is CN1CCN(C2CCN(Cc3cccc(Oc4ccccc4)c3)CC2)CC1. The van der Waals surface area contributed by atoms with Crippen LogP contribution in [-0.4, -0.2) is 67.1 Å². The first kappa shape index (κ1) is 18.5. The summed E-state index contributed by atoms with van der Waals surface area (Å²) in [7, 11) is 2.23. The second-order valence-electron chi connectivity index (χ2n) is 7.91. The van der Waals surface area contributed by atoms with Gasteiger partial charge in [-0.3, -0.25) is 9.80 Å². The number of likely N-dealkylation sites (N-methyl/N-ethyl adjacent to an activating group) is 1. The Balaban J connectivity index is 1.28. The number of benzene rings is 2. The van der Waals surface area contributed by atoms with E-state index in [2.05, 4.69) is 39.9 Å².